The second kappa shape index (κ2) is 6.21. The number of hydrogen-bond donors (Lipinski definition) is 1. The first kappa shape index (κ1) is 13.4. The van der Waals surface area contributed by atoms with Gasteiger partial charge in [-0.3, -0.25) is 4.79 Å². The van der Waals surface area contributed by atoms with Gasteiger partial charge in [0.05, 0.1) is 0 Å². The zero-order valence-electron chi connectivity index (χ0n) is 10.9. The third-order valence-electron chi connectivity index (χ3n) is 4.28. The molecule has 1 N–H and O–H groups in total. The van der Waals surface area contributed by atoms with Crippen molar-refractivity contribution in [3.63, 3.8) is 0 Å². The standard InChI is InChI=1S/C14H23NO3/c16-13(11-7-4-5-8-11)15-10-6-2-1-3-9-12(15)14(17)18/h11-12H,1-10H2,(H,17,18). The Morgan fingerprint density at radius 1 is 0.889 bits per heavy atom. The van der Waals surface area contributed by atoms with Crippen molar-refractivity contribution in [1.82, 2.24) is 4.90 Å². The Kier molecular flexibility index (Phi) is 4.61. The van der Waals surface area contributed by atoms with Gasteiger partial charge in [0.15, 0.2) is 0 Å². The van der Waals surface area contributed by atoms with E-state index in [2.05, 4.69) is 0 Å². The zero-order valence-corrected chi connectivity index (χ0v) is 10.9. The fourth-order valence-corrected chi connectivity index (χ4v) is 3.21. The minimum absolute atomic E-state index is 0.0891. The van der Waals surface area contributed by atoms with E-state index in [0.29, 0.717) is 13.0 Å². The molecule has 0 spiro atoms. The highest BCUT2D eigenvalue weighted by atomic mass is 16.4. The number of amides is 1. The summed E-state index contributed by atoms with van der Waals surface area (Å²) in [6.45, 7) is 0.631. The summed E-state index contributed by atoms with van der Waals surface area (Å²) < 4.78 is 0. The summed E-state index contributed by atoms with van der Waals surface area (Å²) in [5.74, 6) is -0.642. The molecule has 2 aliphatic rings. The Labute approximate surface area is 108 Å². The summed E-state index contributed by atoms with van der Waals surface area (Å²) in [5.41, 5.74) is 0. The molecule has 0 aromatic rings. The maximum absolute atomic E-state index is 12.4. The van der Waals surface area contributed by atoms with Crippen molar-refractivity contribution in [3.8, 4) is 0 Å². The first-order chi connectivity index (χ1) is 8.70. The SMILES string of the molecule is O=C(O)C1CCCCCCN1C(=O)C1CCCC1. The van der Waals surface area contributed by atoms with Crippen LogP contribution < -0.4 is 0 Å². The van der Waals surface area contributed by atoms with Crippen LogP contribution in [0, 0.1) is 5.92 Å². The molecule has 1 atom stereocenters. The Balaban J connectivity index is 2.07. The van der Waals surface area contributed by atoms with Crippen molar-refractivity contribution in [1.29, 1.82) is 0 Å². The van der Waals surface area contributed by atoms with Crippen molar-refractivity contribution in [2.45, 2.75) is 63.8 Å². The molecule has 0 radical (unpaired) electrons. The number of carbonyl (C=O) groups excluding carboxylic acids is 1. The predicted molar refractivity (Wildman–Crippen MR) is 68.2 cm³/mol. The number of likely N-dealkylation sites (tertiary alicyclic amines) is 1. The molecule has 1 aliphatic heterocycles. The number of carboxylic acid groups (broad SMARTS) is 1. The van der Waals surface area contributed by atoms with E-state index >= 15 is 0 Å². The van der Waals surface area contributed by atoms with Gasteiger partial charge in [0, 0.05) is 12.5 Å². The number of aliphatic carboxylic acids is 1. The lowest BCUT2D eigenvalue weighted by molar-refractivity contribution is -0.152. The molecule has 2 fully saturated rings. The monoisotopic (exact) mass is 253 g/mol. The van der Waals surface area contributed by atoms with Gasteiger partial charge in [0.1, 0.15) is 6.04 Å². The van der Waals surface area contributed by atoms with Crippen LogP contribution in [0.5, 0.6) is 0 Å². The van der Waals surface area contributed by atoms with Gasteiger partial charge in [0.2, 0.25) is 5.91 Å². The molecule has 0 bridgehead atoms. The normalized spacial score (nSPS) is 26.7. The number of nitrogens with zero attached hydrogens (tertiary/aromatic N) is 1. The summed E-state index contributed by atoms with van der Waals surface area (Å²) in [5, 5.41) is 9.32. The van der Waals surface area contributed by atoms with Crippen LogP contribution in [0.2, 0.25) is 0 Å². The van der Waals surface area contributed by atoms with Crippen molar-refractivity contribution in [2.75, 3.05) is 6.54 Å². The van der Waals surface area contributed by atoms with Gasteiger partial charge in [-0.25, -0.2) is 4.79 Å². The van der Waals surface area contributed by atoms with Crippen LogP contribution >= 0.6 is 0 Å². The molecule has 4 nitrogen and oxygen atoms in total. The third kappa shape index (κ3) is 3.03. The smallest absolute Gasteiger partial charge is 0.326 e. The molecule has 102 valence electrons. The van der Waals surface area contributed by atoms with E-state index in [1.165, 1.54) is 0 Å². The minimum Gasteiger partial charge on any atom is -0.480 e. The number of rotatable bonds is 2. The van der Waals surface area contributed by atoms with Crippen LogP contribution in [0.15, 0.2) is 0 Å². The predicted octanol–water partition coefficient (Wildman–Crippen LogP) is 2.42. The molecule has 18 heavy (non-hydrogen) atoms. The Bertz CT molecular complexity index is 310. The molecule has 0 aromatic heterocycles. The Morgan fingerprint density at radius 3 is 2.17 bits per heavy atom. The number of carboxylic acids is 1. The molecule has 1 aliphatic carbocycles. The van der Waals surface area contributed by atoms with Gasteiger partial charge in [0.25, 0.3) is 0 Å². The third-order valence-corrected chi connectivity index (χ3v) is 4.28. The average molecular weight is 253 g/mol. The summed E-state index contributed by atoms with van der Waals surface area (Å²) >= 11 is 0. The first-order valence-electron chi connectivity index (χ1n) is 7.23. The molecular weight excluding hydrogens is 230 g/mol. The molecular formula is C14H23NO3. The van der Waals surface area contributed by atoms with Gasteiger partial charge < -0.3 is 10.0 Å². The highest BCUT2D eigenvalue weighted by Crippen LogP contribution is 2.28. The van der Waals surface area contributed by atoms with Crippen LogP contribution in [0.25, 0.3) is 0 Å². The molecule has 2 rings (SSSR count). The molecule has 1 unspecified atom stereocenters. The van der Waals surface area contributed by atoms with Crippen LogP contribution in [0.3, 0.4) is 0 Å². The fraction of sp³-hybridized carbons (Fsp3) is 0.857. The average Bonchev–Trinajstić information content (AvgIpc) is 2.80. The first-order valence-corrected chi connectivity index (χ1v) is 7.23. The largest absolute Gasteiger partial charge is 0.480 e. The van der Waals surface area contributed by atoms with E-state index in [1.807, 2.05) is 0 Å². The van der Waals surface area contributed by atoms with E-state index in [1.54, 1.807) is 4.90 Å². The minimum atomic E-state index is -0.830. The van der Waals surface area contributed by atoms with Crippen LogP contribution in [-0.4, -0.2) is 34.5 Å². The topological polar surface area (TPSA) is 57.6 Å². The maximum atomic E-state index is 12.4. The van der Waals surface area contributed by atoms with Gasteiger partial charge >= 0.3 is 5.97 Å². The Morgan fingerprint density at radius 2 is 1.50 bits per heavy atom. The van der Waals surface area contributed by atoms with Gasteiger partial charge in [-0.2, -0.15) is 0 Å². The van der Waals surface area contributed by atoms with E-state index in [-0.39, 0.29) is 11.8 Å². The van der Waals surface area contributed by atoms with E-state index in [4.69, 9.17) is 0 Å². The van der Waals surface area contributed by atoms with Crippen LogP contribution in [0.1, 0.15) is 57.8 Å². The van der Waals surface area contributed by atoms with E-state index in [0.717, 1.165) is 51.4 Å². The van der Waals surface area contributed by atoms with E-state index in [9.17, 15) is 14.7 Å². The highest BCUT2D eigenvalue weighted by Gasteiger charge is 2.34. The lowest BCUT2D eigenvalue weighted by Gasteiger charge is -2.32. The molecule has 4 heteroatoms. The summed E-state index contributed by atoms with van der Waals surface area (Å²) in [4.78, 5) is 25.5. The second-order valence-corrected chi connectivity index (χ2v) is 5.57. The molecule has 1 heterocycles. The second-order valence-electron chi connectivity index (χ2n) is 5.57. The molecule has 1 saturated heterocycles. The van der Waals surface area contributed by atoms with Crippen LogP contribution in [0.4, 0.5) is 0 Å². The Hall–Kier alpha value is -1.06. The quantitative estimate of drug-likeness (QED) is 0.822. The van der Waals surface area contributed by atoms with Crippen molar-refractivity contribution < 1.29 is 14.7 Å². The lowest BCUT2D eigenvalue weighted by Crippen LogP contribution is -2.48. The summed E-state index contributed by atoms with van der Waals surface area (Å²) in [6.07, 6.45) is 8.81. The molecule has 0 aromatic carbocycles. The number of hydrogen-bond acceptors (Lipinski definition) is 2. The summed E-state index contributed by atoms with van der Waals surface area (Å²) in [7, 11) is 0. The van der Waals surface area contributed by atoms with E-state index < -0.39 is 12.0 Å². The maximum Gasteiger partial charge on any atom is 0.326 e. The van der Waals surface area contributed by atoms with Gasteiger partial charge in [-0.1, -0.05) is 32.1 Å². The molecule has 1 saturated carbocycles. The van der Waals surface area contributed by atoms with Gasteiger partial charge in [-0.05, 0) is 25.7 Å². The van der Waals surface area contributed by atoms with Crippen molar-refractivity contribution >= 4 is 11.9 Å². The lowest BCUT2D eigenvalue weighted by atomic mass is 9.98. The van der Waals surface area contributed by atoms with Crippen molar-refractivity contribution in [2.24, 2.45) is 5.92 Å². The highest BCUT2D eigenvalue weighted by molar-refractivity contribution is 5.85. The number of carbonyl (C=O) groups is 2. The van der Waals surface area contributed by atoms with Gasteiger partial charge in [-0.15, -0.1) is 0 Å². The summed E-state index contributed by atoms with van der Waals surface area (Å²) in [6, 6.07) is -0.585. The fourth-order valence-electron chi connectivity index (χ4n) is 3.21. The zero-order chi connectivity index (χ0) is 13.0. The van der Waals surface area contributed by atoms with Crippen molar-refractivity contribution in [3.05, 3.63) is 0 Å². The molecule has 1 amide bonds. The van der Waals surface area contributed by atoms with Crippen LogP contribution in [-0.2, 0) is 9.59 Å².